The summed E-state index contributed by atoms with van der Waals surface area (Å²) in [6, 6.07) is 0.702. The van der Waals surface area contributed by atoms with Gasteiger partial charge in [0.15, 0.2) is 0 Å². The van der Waals surface area contributed by atoms with Gasteiger partial charge in [0.2, 0.25) is 0 Å². The number of piperidine rings is 3. The molecule has 0 radical (unpaired) electrons. The lowest BCUT2D eigenvalue weighted by Gasteiger charge is -2.46. The molecule has 3 saturated heterocycles. The third-order valence-corrected chi connectivity index (χ3v) is 5.42. The van der Waals surface area contributed by atoms with E-state index in [-0.39, 0.29) is 0 Å². The minimum Gasteiger partial charge on any atom is -0.327 e. The van der Waals surface area contributed by atoms with Crippen molar-refractivity contribution in [2.75, 3.05) is 26.2 Å². The topological polar surface area (TPSA) is 33.1 Å². The molecule has 5 rings (SSSR count). The zero-order valence-corrected chi connectivity index (χ0v) is 12.6. The van der Waals surface area contributed by atoms with Crippen molar-refractivity contribution in [3.63, 3.8) is 0 Å². The smallest absolute Gasteiger partial charge is 0.109 e. The summed E-state index contributed by atoms with van der Waals surface area (Å²) in [5.41, 5.74) is 2.88. The van der Waals surface area contributed by atoms with E-state index in [9.17, 15) is 0 Å². The van der Waals surface area contributed by atoms with Crippen LogP contribution < -0.4 is 5.32 Å². The normalized spacial score (nSPS) is 32.4. The Kier molecular flexibility index (Phi) is 3.31. The van der Waals surface area contributed by atoms with Gasteiger partial charge in [-0.05, 0) is 38.3 Å². The number of aromatic nitrogens is 2. The molecule has 4 aliphatic rings. The number of nitrogens with zero attached hydrogens (tertiary/aromatic N) is 3. The quantitative estimate of drug-likeness (QED) is 0.911. The van der Waals surface area contributed by atoms with E-state index in [0.717, 1.165) is 31.8 Å². The van der Waals surface area contributed by atoms with Gasteiger partial charge in [-0.2, -0.15) is 0 Å². The number of aryl methyl sites for hydroxylation is 1. The van der Waals surface area contributed by atoms with Gasteiger partial charge in [-0.15, -0.1) is 0 Å². The first kappa shape index (κ1) is 12.8. The van der Waals surface area contributed by atoms with Crippen LogP contribution in [0.2, 0.25) is 0 Å². The number of nitrogens with one attached hydrogen (secondary N) is 1. The van der Waals surface area contributed by atoms with E-state index in [1.807, 2.05) is 0 Å². The van der Waals surface area contributed by atoms with Crippen LogP contribution in [0, 0.1) is 5.92 Å². The molecular formula is C16H26N4. The Balaban J connectivity index is 1.73. The first-order valence-corrected chi connectivity index (χ1v) is 8.38. The monoisotopic (exact) mass is 274 g/mol. The maximum Gasteiger partial charge on any atom is 0.109 e. The van der Waals surface area contributed by atoms with Crippen LogP contribution in [0.25, 0.3) is 0 Å². The Morgan fingerprint density at radius 2 is 2.15 bits per heavy atom. The zero-order chi connectivity index (χ0) is 13.5. The van der Waals surface area contributed by atoms with Gasteiger partial charge in [-0.3, -0.25) is 0 Å². The molecule has 0 amide bonds. The molecule has 4 aliphatic heterocycles. The fourth-order valence-corrected chi connectivity index (χ4v) is 4.41. The highest BCUT2D eigenvalue weighted by molar-refractivity contribution is 5.22. The second kappa shape index (κ2) is 5.15. The highest BCUT2D eigenvalue weighted by atomic mass is 15.2. The summed E-state index contributed by atoms with van der Waals surface area (Å²) in [4.78, 5) is 7.64. The summed E-state index contributed by atoms with van der Waals surface area (Å²) < 4.78 is 2.68. The molecule has 1 aromatic rings. The molecule has 4 heteroatoms. The lowest BCUT2D eigenvalue weighted by atomic mass is 9.83. The third-order valence-electron chi connectivity index (χ3n) is 5.42. The Hall–Kier alpha value is -0.870. The molecule has 1 atom stereocenters. The molecule has 0 saturated carbocycles. The predicted molar refractivity (Wildman–Crippen MR) is 79.8 cm³/mol. The average Bonchev–Trinajstić information content (AvgIpc) is 2.86. The van der Waals surface area contributed by atoms with E-state index >= 15 is 0 Å². The summed E-state index contributed by atoms with van der Waals surface area (Å²) in [6.07, 6.45) is 6.28. The predicted octanol–water partition coefficient (Wildman–Crippen LogP) is 1.75. The highest BCUT2D eigenvalue weighted by Crippen LogP contribution is 2.38. The summed E-state index contributed by atoms with van der Waals surface area (Å²) >= 11 is 0. The van der Waals surface area contributed by atoms with Crippen LogP contribution in [-0.4, -0.2) is 40.6 Å². The Morgan fingerprint density at radius 1 is 1.30 bits per heavy atom. The van der Waals surface area contributed by atoms with Gasteiger partial charge in [0, 0.05) is 38.2 Å². The SMILES string of the molecule is CCCc1nc2c(n1C1CN3CCC1CC3)CCNC2. The summed E-state index contributed by atoms with van der Waals surface area (Å²) in [5.74, 6) is 2.25. The van der Waals surface area contributed by atoms with E-state index in [2.05, 4.69) is 21.7 Å². The van der Waals surface area contributed by atoms with Crippen molar-refractivity contribution < 1.29 is 0 Å². The first-order valence-electron chi connectivity index (χ1n) is 8.38. The van der Waals surface area contributed by atoms with Crippen LogP contribution in [-0.2, 0) is 19.4 Å². The number of hydrogen-bond acceptors (Lipinski definition) is 3. The molecule has 3 fully saturated rings. The van der Waals surface area contributed by atoms with Gasteiger partial charge in [0.1, 0.15) is 5.82 Å². The minimum absolute atomic E-state index is 0.702. The van der Waals surface area contributed by atoms with Crippen molar-refractivity contribution in [2.45, 2.75) is 51.6 Å². The molecule has 2 bridgehead atoms. The highest BCUT2D eigenvalue weighted by Gasteiger charge is 2.37. The molecular weight excluding hydrogens is 248 g/mol. The van der Waals surface area contributed by atoms with E-state index < -0.39 is 0 Å². The Labute approximate surface area is 121 Å². The van der Waals surface area contributed by atoms with Crippen molar-refractivity contribution >= 4 is 0 Å². The van der Waals surface area contributed by atoms with Gasteiger partial charge >= 0.3 is 0 Å². The third kappa shape index (κ3) is 2.01. The summed E-state index contributed by atoms with van der Waals surface area (Å²) in [6.45, 7) is 8.27. The van der Waals surface area contributed by atoms with Crippen LogP contribution in [0.5, 0.6) is 0 Å². The molecule has 1 aromatic heterocycles. The molecule has 20 heavy (non-hydrogen) atoms. The maximum absolute atomic E-state index is 4.98. The second-order valence-corrected chi connectivity index (χ2v) is 6.67. The lowest BCUT2D eigenvalue weighted by Crippen LogP contribution is -2.48. The summed E-state index contributed by atoms with van der Waals surface area (Å²) in [5, 5.41) is 3.47. The number of hydrogen-bond donors (Lipinski definition) is 1. The molecule has 4 nitrogen and oxygen atoms in total. The van der Waals surface area contributed by atoms with Crippen molar-refractivity contribution in [3.05, 3.63) is 17.2 Å². The molecule has 5 heterocycles. The van der Waals surface area contributed by atoms with Crippen LogP contribution in [0.15, 0.2) is 0 Å². The van der Waals surface area contributed by atoms with E-state index in [1.165, 1.54) is 50.4 Å². The van der Waals surface area contributed by atoms with Crippen molar-refractivity contribution in [3.8, 4) is 0 Å². The Bertz CT molecular complexity index is 485. The number of imidazole rings is 1. The minimum atomic E-state index is 0.702. The largest absolute Gasteiger partial charge is 0.327 e. The van der Waals surface area contributed by atoms with Gasteiger partial charge < -0.3 is 14.8 Å². The molecule has 0 spiro atoms. The number of fused-ring (bicyclic) bond motifs is 4. The maximum atomic E-state index is 4.98. The molecule has 0 aromatic carbocycles. The van der Waals surface area contributed by atoms with Crippen molar-refractivity contribution in [2.24, 2.45) is 5.92 Å². The number of rotatable bonds is 3. The van der Waals surface area contributed by atoms with Gasteiger partial charge in [0.25, 0.3) is 0 Å². The van der Waals surface area contributed by atoms with Crippen LogP contribution >= 0.6 is 0 Å². The molecule has 0 aliphatic carbocycles. The fraction of sp³-hybridized carbons (Fsp3) is 0.812. The molecule has 110 valence electrons. The van der Waals surface area contributed by atoms with Crippen LogP contribution in [0.3, 0.4) is 0 Å². The van der Waals surface area contributed by atoms with Crippen LogP contribution in [0.4, 0.5) is 0 Å². The second-order valence-electron chi connectivity index (χ2n) is 6.67. The van der Waals surface area contributed by atoms with Crippen molar-refractivity contribution in [1.29, 1.82) is 0 Å². The molecule has 1 N–H and O–H groups in total. The standard InChI is InChI=1S/C16H26N4/c1-2-3-16-18-13-10-17-7-4-14(13)20(16)15-11-19-8-5-12(15)6-9-19/h12,15,17H,2-11H2,1H3. The van der Waals surface area contributed by atoms with Gasteiger partial charge in [-0.25, -0.2) is 4.98 Å². The van der Waals surface area contributed by atoms with E-state index in [1.54, 1.807) is 5.69 Å². The fourth-order valence-electron chi connectivity index (χ4n) is 4.41. The van der Waals surface area contributed by atoms with E-state index in [4.69, 9.17) is 4.98 Å². The average molecular weight is 274 g/mol. The van der Waals surface area contributed by atoms with Crippen LogP contribution in [0.1, 0.15) is 49.4 Å². The Morgan fingerprint density at radius 3 is 2.85 bits per heavy atom. The van der Waals surface area contributed by atoms with Gasteiger partial charge in [-0.1, -0.05) is 6.92 Å². The van der Waals surface area contributed by atoms with Crippen molar-refractivity contribution in [1.82, 2.24) is 19.8 Å². The summed E-state index contributed by atoms with van der Waals surface area (Å²) in [7, 11) is 0. The molecule has 1 unspecified atom stereocenters. The van der Waals surface area contributed by atoms with Gasteiger partial charge in [0.05, 0.1) is 11.7 Å². The zero-order valence-electron chi connectivity index (χ0n) is 12.6. The first-order chi connectivity index (χ1) is 9.86. The van der Waals surface area contributed by atoms with E-state index in [0.29, 0.717) is 6.04 Å². The lowest BCUT2D eigenvalue weighted by molar-refractivity contribution is 0.0543.